The molecule has 36 heavy (non-hydrogen) atoms. The number of benzene rings is 2. The number of carbonyl (C=O) groups excluding carboxylic acids is 2. The molecule has 4 rings (SSSR count). The number of nitro benzene ring substituents is 1. The topological polar surface area (TPSA) is 145 Å². The molecule has 10 nitrogen and oxygen atoms in total. The molecule has 0 spiro atoms. The van der Waals surface area contributed by atoms with E-state index in [9.17, 15) is 24.8 Å². The summed E-state index contributed by atoms with van der Waals surface area (Å²) in [4.78, 5) is 38.4. The highest BCUT2D eigenvalue weighted by Crippen LogP contribution is 2.47. The zero-order valence-corrected chi connectivity index (χ0v) is 20.0. The maximum Gasteiger partial charge on any atom is 0.269 e. The van der Waals surface area contributed by atoms with Crippen molar-refractivity contribution >= 4 is 28.9 Å². The fourth-order valence-corrected chi connectivity index (χ4v) is 4.79. The van der Waals surface area contributed by atoms with E-state index in [1.54, 1.807) is 37.3 Å². The summed E-state index contributed by atoms with van der Waals surface area (Å²) in [5.74, 6) is -1.41. The van der Waals surface area contributed by atoms with E-state index < -0.39 is 22.3 Å². The van der Waals surface area contributed by atoms with Crippen LogP contribution in [0.3, 0.4) is 0 Å². The largest absolute Gasteiger partial charge is 0.396 e. The van der Waals surface area contributed by atoms with Gasteiger partial charge in [0, 0.05) is 35.9 Å². The van der Waals surface area contributed by atoms with Gasteiger partial charge in [-0.25, -0.2) is 0 Å². The van der Waals surface area contributed by atoms with E-state index in [1.165, 1.54) is 23.1 Å². The van der Waals surface area contributed by atoms with Crippen molar-refractivity contribution in [3.8, 4) is 0 Å². The monoisotopic (exact) mass is 494 g/mol. The van der Waals surface area contributed by atoms with Gasteiger partial charge in [-0.3, -0.25) is 19.7 Å². The van der Waals surface area contributed by atoms with Crippen molar-refractivity contribution in [1.82, 2.24) is 5.32 Å². The smallest absolute Gasteiger partial charge is 0.269 e. The van der Waals surface area contributed by atoms with E-state index in [1.807, 2.05) is 6.07 Å². The number of anilines is 2. The van der Waals surface area contributed by atoms with Crippen molar-refractivity contribution in [3.63, 3.8) is 0 Å². The first kappa shape index (κ1) is 25.5. The number of hydrogen-bond acceptors (Lipinski definition) is 7. The van der Waals surface area contributed by atoms with Gasteiger partial charge >= 0.3 is 0 Å². The SMILES string of the molecule is C[C@H](/C=C/CCO)[C@@]1(O)C(=O)N(Cc2cccc(NC(=O)[C@H]3CCCN3)c2)c2ccc([N+](=O)[O-])cc21. The molecule has 0 unspecified atom stereocenters. The lowest BCUT2D eigenvalue weighted by Gasteiger charge is -2.27. The molecule has 2 aromatic rings. The van der Waals surface area contributed by atoms with Gasteiger partial charge in [-0.05, 0) is 49.6 Å². The minimum absolute atomic E-state index is 0.0759. The highest BCUT2D eigenvalue weighted by atomic mass is 16.6. The first-order valence-electron chi connectivity index (χ1n) is 12.0. The number of carbonyl (C=O) groups is 2. The number of fused-ring (bicyclic) bond motifs is 1. The molecule has 3 atom stereocenters. The average molecular weight is 495 g/mol. The fourth-order valence-electron chi connectivity index (χ4n) is 4.79. The maximum atomic E-state index is 13.6. The number of aliphatic hydroxyl groups excluding tert-OH is 1. The molecule has 2 aliphatic heterocycles. The maximum absolute atomic E-state index is 13.6. The van der Waals surface area contributed by atoms with Crippen LogP contribution in [0.25, 0.3) is 0 Å². The Bertz CT molecular complexity index is 1190. The molecule has 4 N–H and O–H groups in total. The lowest BCUT2D eigenvalue weighted by Crippen LogP contribution is -2.44. The van der Waals surface area contributed by atoms with Crippen LogP contribution in [-0.2, 0) is 21.7 Å². The number of nitrogens with zero attached hydrogens (tertiary/aromatic N) is 2. The third-order valence-corrected chi connectivity index (χ3v) is 6.76. The summed E-state index contributed by atoms with van der Waals surface area (Å²) >= 11 is 0. The molecule has 0 aromatic heterocycles. The minimum Gasteiger partial charge on any atom is -0.396 e. The van der Waals surface area contributed by atoms with Crippen molar-refractivity contribution in [2.75, 3.05) is 23.4 Å². The Kier molecular flexibility index (Phi) is 7.48. The Hall–Kier alpha value is -3.60. The Balaban J connectivity index is 1.63. The van der Waals surface area contributed by atoms with Crippen LogP contribution in [0.2, 0.25) is 0 Å². The van der Waals surface area contributed by atoms with E-state index in [-0.39, 0.29) is 36.4 Å². The molecule has 1 fully saturated rings. The Morgan fingerprint density at radius 2 is 2.17 bits per heavy atom. The fraction of sp³-hybridized carbons (Fsp3) is 0.385. The molecule has 0 saturated carbocycles. The number of rotatable bonds is 9. The summed E-state index contributed by atoms with van der Waals surface area (Å²) in [6, 6.07) is 10.9. The summed E-state index contributed by atoms with van der Waals surface area (Å²) in [7, 11) is 0. The van der Waals surface area contributed by atoms with Crippen LogP contribution in [0.5, 0.6) is 0 Å². The summed E-state index contributed by atoms with van der Waals surface area (Å²) in [6.45, 7) is 2.49. The van der Waals surface area contributed by atoms with Gasteiger partial charge in [0.2, 0.25) is 5.91 Å². The van der Waals surface area contributed by atoms with E-state index in [4.69, 9.17) is 5.11 Å². The van der Waals surface area contributed by atoms with Gasteiger partial charge in [0.05, 0.1) is 23.2 Å². The van der Waals surface area contributed by atoms with Gasteiger partial charge in [0.1, 0.15) is 0 Å². The number of nitrogens with one attached hydrogen (secondary N) is 2. The van der Waals surface area contributed by atoms with E-state index in [2.05, 4.69) is 10.6 Å². The van der Waals surface area contributed by atoms with Gasteiger partial charge in [0.15, 0.2) is 5.60 Å². The number of aliphatic hydroxyl groups is 2. The van der Waals surface area contributed by atoms with Gasteiger partial charge in [0.25, 0.3) is 11.6 Å². The highest BCUT2D eigenvalue weighted by Gasteiger charge is 2.53. The standard InChI is InChI=1S/C26H30N4O6/c1-17(6-2-3-13-31)26(34)21-15-20(30(35)36)10-11-23(21)29(25(26)33)16-18-7-4-8-19(14-18)28-24(32)22-9-5-12-27-22/h2,4,6-8,10-11,14-15,17,22,27,31,34H,3,5,9,12-13,16H2,1H3,(H,28,32)/b6-2+/t17-,22-,26+/m1/s1. The summed E-state index contributed by atoms with van der Waals surface area (Å²) in [5, 5.41) is 38.2. The quantitative estimate of drug-likeness (QED) is 0.238. The van der Waals surface area contributed by atoms with Crippen LogP contribution in [-0.4, -0.2) is 46.1 Å². The zero-order valence-electron chi connectivity index (χ0n) is 20.0. The lowest BCUT2D eigenvalue weighted by atomic mass is 9.82. The van der Waals surface area contributed by atoms with E-state index in [0.717, 1.165) is 24.9 Å². The lowest BCUT2D eigenvalue weighted by molar-refractivity contribution is -0.385. The average Bonchev–Trinajstić information content (AvgIpc) is 3.47. The van der Waals surface area contributed by atoms with Gasteiger partial charge in [-0.2, -0.15) is 0 Å². The number of nitro groups is 1. The molecule has 0 radical (unpaired) electrons. The van der Waals surface area contributed by atoms with E-state index >= 15 is 0 Å². The van der Waals surface area contributed by atoms with Crippen LogP contribution in [0, 0.1) is 16.0 Å². The van der Waals surface area contributed by atoms with Gasteiger partial charge in [-0.15, -0.1) is 0 Å². The third kappa shape index (κ3) is 4.88. The van der Waals surface area contributed by atoms with Crippen molar-refractivity contribution < 1.29 is 24.7 Å². The number of amides is 2. The second kappa shape index (κ2) is 10.6. The summed E-state index contributed by atoms with van der Waals surface area (Å²) in [6.07, 6.45) is 5.38. The van der Waals surface area contributed by atoms with Crippen LogP contribution in [0.15, 0.2) is 54.6 Å². The molecule has 0 aliphatic carbocycles. The van der Waals surface area contributed by atoms with Crippen molar-refractivity contribution in [3.05, 3.63) is 75.9 Å². The summed E-state index contributed by atoms with van der Waals surface area (Å²) < 4.78 is 0. The second-order valence-electron chi connectivity index (χ2n) is 9.18. The normalized spacial score (nSPS) is 22.1. The number of hydrogen-bond donors (Lipinski definition) is 4. The van der Waals surface area contributed by atoms with Crippen LogP contribution < -0.4 is 15.5 Å². The third-order valence-electron chi connectivity index (χ3n) is 6.76. The predicted molar refractivity (Wildman–Crippen MR) is 134 cm³/mol. The van der Waals surface area contributed by atoms with Crippen molar-refractivity contribution in [2.45, 2.75) is 44.4 Å². The molecule has 2 aliphatic rings. The molecule has 2 amide bonds. The van der Waals surface area contributed by atoms with Crippen molar-refractivity contribution in [2.24, 2.45) is 5.92 Å². The highest BCUT2D eigenvalue weighted by molar-refractivity contribution is 6.07. The Labute approximate surface area is 208 Å². The molecule has 1 saturated heterocycles. The molecule has 0 bridgehead atoms. The Morgan fingerprint density at radius 1 is 1.36 bits per heavy atom. The van der Waals surface area contributed by atoms with Gasteiger partial charge in [-0.1, -0.05) is 31.2 Å². The molecular weight excluding hydrogens is 464 g/mol. The van der Waals surface area contributed by atoms with E-state index in [0.29, 0.717) is 17.8 Å². The first-order valence-corrected chi connectivity index (χ1v) is 12.0. The van der Waals surface area contributed by atoms with Crippen LogP contribution in [0.4, 0.5) is 17.1 Å². The molecule has 2 heterocycles. The van der Waals surface area contributed by atoms with Gasteiger partial charge < -0.3 is 25.7 Å². The second-order valence-corrected chi connectivity index (χ2v) is 9.18. The van der Waals surface area contributed by atoms with Crippen LogP contribution >= 0.6 is 0 Å². The zero-order chi connectivity index (χ0) is 25.9. The number of non-ortho nitro benzene ring substituents is 1. The van der Waals surface area contributed by atoms with Crippen LogP contribution in [0.1, 0.15) is 37.3 Å². The van der Waals surface area contributed by atoms with Crippen molar-refractivity contribution in [1.29, 1.82) is 0 Å². The molecular formula is C26H30N4O6. The molecule has 2 aromatic carbocycles. The Morgan fingerprint density at radius 3 is 2.86 bits per heavy atom. The molecule has 10 heteroatoms. The predicted octanol–water partition coefficient (Wildman–Crippen LogP) is 2.59. The minimum atomic E-state index is -2.01. The first-order chi connectivity index (χ1) is 17.3. The molecule has 190 valence electrons. The summed E-state index contributed by atoms with van der Waals surface area (Å²) in [5.41, 5.74) is -0.360.